The lowest BCUT2D eigenvalue weighted by Crippen LogP contribution is -2.45. The lowest BCUT2D eigenvalue weighted by molar-refractivity contribution is -0.138. The first kappa shape index (κ1) is 13.9. The molecule has 0 saturated carbocycles. The molecule has 2 saturated heterocycles. The number of carbonyl (C=O) groups is 1. The molecule has 1 amide bonds. The Morgan fingerprint density at radius 1 is 1.16 bits per heavy atom. The van der Waals surface area contributed by atoms with Crippen LogP contribution in [0.3, 0.4) is 0 Å². The first-order valence-corrected chi connectivity index (χ1v) is 7.09. The van der Waals surface area contributed by atoms with Crippen LogP contribution in [0.4, 0.5) is 0 Å². The normalized spacial score (nSPS) is 22.7. The topological polar surface area (TPSA) is 47.3 Å². The van der Waals surface area contributed by atoms with Crippen LogP contribution >= 0.6 is 0 Å². The molecule has 2 aliphatic heterocycles. The smallest absolute Gasteiger partial charge is 0.225 e. The molecule has 0 bridgehead atoms. The molecule has 0 atom stereocenters. The van der Waals surface area contributed by atoms with Gasteiger partial charge in [-0.25, -0.2) is 0 Å². The maximum absolute atomic E-state index is 12.4. The Balaban J connectivity index is 1.79. The van der Waals surface area contributed by atoms with Gasteiger partial charge in [0.1, 0.15) is 0 Å². The molecule has 0 radical (unpaired) electrons. The van der Waals surface area contributed by atoms with Gasteiger partial charge in [-0.15, -0.1) is 6.42 Å². The molecule has 2 fully saturated rings. The fraction of sp³-hybridized carbons (Fsp3) is 0.733. The second-order valence-corrected chi connectivity index (χ2v) is 5.48. The van der Waals surface area contributed by atoms with Gasteiger partial charge in [0.25, 0.3) is 0 Å². The van der Waals surface area contributed by atoms with Gasteiger partial charge in [-0.3, -0.25) is 9.69 Å². The van der Waals surface area contributed by atoms with Crippen molar-refractivity contribution in [3.05, 3.63) is 0 Å². The molecular formula is C15H21N3O. The zero-order valence-corrected chi connectivity index (χ0v) is 11.3. The molecule has 2 heterocycles. The van der Waals surface area contributed by atoms with Crippen LogP contribution in [0.5, 0.6) is 0 Å². The number of hydrogen-bond acceptors (Lipinski definition) is 3. The molecule has 0 unspecified atom stereocenters. The van der Waals surface area contributed by atoms with Crippen molar-refractivity contribution in [2.45, 2.75) is 25.7 Å². The summed E-state index contributed by atoms with van der Waals surface area (Å²) in [5.41, 5.74) is 0. The van der Waals surface area contributed by atoms with Crippen LogP contribution < -0.4 is 0 Å². The Kier molecular flexibility index (Phi) is 4.82. The minimum absolute atomic E-state index is 0.140. The Morgan fingerprint density at radius 2 is 1.79 bits per heavy atom. The van der Waals surface area contributed by atoms with Crippen LogP contribution in [0.1, 0.15) is 25.7 Å². The molecule has 0 aromatic carbocycles. The van der Waals surface area contributed by atoms with E-state index in [0.29, 0.717) is 6.54 Å². The van der Waals surface area contributed by atoms with Crippen LogP contribution in [0.2, 0.25) is 0 Å². The highest BCUT2D eigenvalue weighted by atomic mass is 16.2. The SMILES string of the molecule is C#CCN1CCC(C(=O)N2CCC(C#N)CC2)CC1. The van der Waals surface area contributed by atoms with E-state index >= 15 is 0 Å². The fourth-order valence-corrected chi connectivity index (χ4v) is 2.95. The molecule has 0 N–H and O–H groups in total. The molecule has 4 heteroatoms. The molecule has 4 nitrogen and oxygen atoms in total. The highest BCUT2D eigenvalue weighted by Crippen LogP contribution is 2.23. The molecule has 0 aromatic rings. The minimum atomic E-state index is 0.140. The van der Waals surface area contributed by atoms with E-state index in [1.54, 1.807) is 0 Å². The summed E-state index contributed by atoms with van der Waals surface area (Å²) in [5, 5.41) is 8.87. The van der Waals surface area contributed by atoms with Gasteiger partial charge in [0.15, 0.2) is 0 Å². The van der Waals surface area contributed by atoms with Gasteiger partial charge >= 0.3 is 0 Å². The van der Waals surface area contributed by atoms with Crippen molar-refractivity contribution in [3.8, 4) is 18.4 Å². The van der Waals surface area contributed by atoms with Gasteiger partial charge in [-0.05, 0) is 38.8 Å². The maximum Gasteiger partial charge on any atom is 0.225 e. The molecule has 2 rings (SSSR count). The molecule has 19 heavy (non-hydrogen) atoms. The zero-order chi connectivity index (χ0) is 13.7. The van der Waals surface area contributed by atoms with Crippen LogP contribution in [0.15, 0.2) is 0 Å². The van der Waals surface area contributed by atoms with Crippen molar-refractivity contribution >= 4 is 5.91 Å². The largest absolute Gasteiger partial charge is 0.342 e. The second kappa shape index (κ2) is 6.59. The van der Waals surface area contributed by atoms with E-state index in [1.807, 2.05) is 4.90 Å². The van der Waals surface area contributed by atoms with Gasteiger partial charge in [0, 0.05) is 24.9 Å². The standard InChI is InChI=1S/C15H21N3O/c1-2-7-17-8-5-14(6-9-17)15(19)18-10-3-13(12-16)4-11-18/h1,13-14H,3-11H2. The molecule has 0 spiro atoms. The van der Waals surface area contributed by atoms with Gasteiger partial charge < -0.3 is 4.90 Å². The average Bonchev–Trinajstić information content (AvgIpc) is 2.48. The minimum Gasteiger partial charge on any atom is -0.342 e. The lowest BCUT2D eigenvalue weighted by Gasteiger charge is -2.35. The molecule has 0 aromatic heterocycles. The Labute approximate surface area is 115 Å². The van der Waals surface area contributed by atoms with E-state index in [2.05, 4.69) is 16.9 Å². The Morgan fingerprint density at radius 3 is 2.32 bits per heavy atom. The molecule has 0 aliphatic carbocycles. The van der Waals surface area contributed by atoms with Crippen molar-refractivity contribution in [3.63, 3.8) is 0 Å². The number of amides is 1. The summed E-state index contributed by atoms with van der Waals surface area (Å²) in [5.74, 6) is 3.24. The van der Waals surface area contributed by atoms with E-state index in [1.165, 1.54) is 0 Å². The predicted octanol–water partition coefficient (Wildman–Crippen LogP) is 1.09. The third kappa shape index (κ3) is 3.49. The highest BCUT2D eigenvalue weighted by molar-refractivity contribution is 5.79. The Hall–Kier alpha value is -1.52. The summed E-state index contributed by atoms with van der Waals surface area (Å²) >= 11 is 0. The van der Waals surface area contributed by atoms with Gasteiger partial charge in [-0.1, -0.05) is 5.92 Å². The lowest BCUT2D eigenvalue weighted by atomic mass is 9.92. The third-order valence-corrected chi connectivity index (χ3v) is 4.24. The number of likely N-dealkylation sites (tertiary alicyclic amines) is 2. The fourth-order valence-electron chi connectivity index (χ4n) is 2.95. The van der Waals surface area contributed by atoms with Crippen LogP contribution in [-0.2, 0) is 4.79 Å². The van der Waals surface area contributed by atoms with Gasteiger partial charge in [0.2, 0.25) is 5.91 Å². The van der Waals surface area contributed by atoms with E-state index in [9.17, 15) is 4.79 Å². The number of nitriles is 1. The summed E-state index contributed by atoms with van der Waals surface area (Å²) in [6.45, 7) is 4.04. The van der Waals surface area contributed by atoms with Crippen molar-refractivity contribution < 1.29 is 4.79 Å². The quantitative estimate of drug-likeness (QED) is 0.698. The number of hydrogen-bond donors (Lipinski definition) is 0. The summed E-state index contributed by atoms with van der Waals surface area (Å²) in [6.07, 6.45) is 8.80. The number of piperidine rings is 2. The van der Waals surface area contributed by atoms with Gasteiger partial charge in [-0.2, -0.15) is 5.26 Å². The van der Waals surface area contributed by atoms with Crippen LogP contribution in [0, 0.1) is 35.5 Å². The monoisotopic (exact) mass is 259 g/mol. The van der Waals surface area contributed by atoms with E-state index in [4.69, 9.17) is 11.7 Å². The average molecular weight is 259 g/mol. The van der Waals surface area contributed by atoms with Gasteiger partial charge in [0.05, 0.1) is 12.6 Å². The van der Waals surface area contributed by atoms with Crippen LogP contribution in [-0.4, -0.2) is 48.4 Å². The molecule has 2 aliphatic rings. The van der Waals surface area contributed by atoms with Crippen LogP contribution in [0.25, 0.3) is 0 Å². The Bertz CT molecular complexity index is 391. The van der Waals surface area contributed by atoms with Crippen molar-refractivity contribution in [1.29, 1.82) is 5.26 Å². The molecular weight excluding hydrogens is 238 g/mol. The van der Waals surface area contributed by atoms with E-state index in [0.717, 1.165) is 51.9 Å². The first-order valence-electron chi connectivity index (χ1n) is 7.09. The summed E-state index contributed by atoms with van der Waals surface area (Å²) in [7, 11) is 0. The number of terminal acetylenes is 1. The summed E-state index contributed by atoms with van der Waals surface area (Å²) in [4.78, 5) is 16.6. The highest BCUT2D eigenvalue weighted by Gasteiger charge is 2.30. The second-order valence-electron chi connectivity index (χ2n) is 5.48. The maximum atomic E-state index is 12.4. The van der Waals surface area contributed by atoms with Crippen molar-refractivity contribution in [1.82, 2.24) is 9.80 Å². The van der Waals surface area contributed by atoms with Crippen molar-refractivity contribution in [2.75, 3.05) is 32.7 Å². The summed E-state index contributed by atoms with van der Waals surface area (Å²) < 4.78 is 0. The zero-order valence-electron chi connectivity index (χ0n) is 11.3. The predicted molar refractivity (Wildman–Crippen MR) is 72.9 cm³/mol. The molecule has 102 valence electrons. The van der Waals surface area contributed by atoms with E-state index in [-0.39, 0.29) is 17.7 Å². The first-order chi connectivity index (χ1) is 9.24. The number of rotatable bonds is 2. The number of nitrogens with zero attached hydrogens (tertiary/aromatic N) is 3. The van der Waals surface area contributed by atoms with E-state index < -0.39 is 0 Å². The van der Waals surface area contributed by atoms with Crippen molar-refractivity contribution in [2.24, 2.45) is 11.8 Å². The third-order valence-electron chi connectivity index (χ3n) is 4.24. The number of carbonyl (C=O) groups excluding carboxylic acids is 1. The summed E-state index contributed by atoms with van der Waals surface area (Å²) in [6, 6.07) is 2.30.